The first-order valence-corrected chi connectivity index (χ1v) is 4.31. The maximum absolute atomic E-state index is 11.2. The lowest BCUT2D eigenvalue weighted by Crippen LogP contribution is -2.19. The fourth-order valence-electron chi connectivity index (χ4n) is 0.993. The first-order chi connectivity index (χ1) is 6.77. The molecule has 0 fully saturated rings. The molecule has 76 valence electrons. The Balaban J connectivity index is 2.73. The summed E-state index contributed by atoms with van der Waals surface area (Å²) < 4.78 is 0. The van der Waals surface area contributed by atoms with Crippen molar-refractivity contribution in [3.63, 3.8) is 0 Å². The Hall–Kier alpha value is -1.62. The standard InChI is InChI=1S/C9H13N3O2/c1-10-9(14)8-6-7(2-3-12-8)11-4-5-13/h2-3,6,13H,4-5H2,1H3,(H,10,14)(H,11,12). The van der Waals surface area contributed by atoms with Crippen LogP contribution in [0.2, 0.25) is 0 Å². The summed E-state index contributed by atoms with van der Waals surface area (Å²) in [6.45, 7) is 0.509. The van der Waals surface area contributed by atoms with Crippen molar-refractivity contribution < 1.29 is 9.90 Å². The predicted octanol–water partition coefficient (Wildman–Crippen LogP) is -0.155. The highest BCUT2D eigenvalue weighted by atomic mass is 16.3. The Morgan fingerprint density at radius 2 is 2.43 bits per heavy atom. The van der Waals surface area contributed by atoms with Crippen molar-refractivity contribution in [3.8, 4) is 0 Å². The van der Waals surface area contributed by atoms with Crippen LogP contribution in [0.3, 0.4) is 0 Å². The molecular formula is C9H13N3O2. The van der Waals surface area contributed by atoms with Gasteiger partial charge in [0.15, 0.2) is 0 Å². The average Bonchev–Trinajstić information content (AvgIpc) is 2.25. The van der Waals surface area contributed by atoms with Crippen molar-refractivity contribution >= 4 is 11.6 Å². The van der Waals surface area contributed by atoms with Crippen molar-refractivity contribution in [1.82, 2.24) is 10.3 Å². The Morgan fingerprint density at radius 3 is 3.07 bits per heavy atom. The summed E-state index contributed by atoms with van der Waals surface area (Å²) in [5, 5.41) is 14.0. The topological polar surface area (TPSA) is 74.2 Å². The summed E-state index contributed by atoms with van der Waals surface area (Å²) >= 11 is 0. The highest BCUT2D eigenvalue weighted by molar-refractivity contribution is 5.92. The van der Waals surface area contributed by atoms with Gasteiger partial charge < -0.3 is 15.7 Å². The Bertz CT molecular complexity index is 315. The molecule has 14 heavy (non-hydrogen) atoms. The molecule has 3 N–H and O–H groups in total. The molecule has 0 aromatic carbocycles. The normalized spacial score (nSPS) is 9.57. The minimum atomic E-state index is -0.224. The lowest BCUT2D eigenvalue weighted by molar-refractivity contribution is 0.0958. The second-order valence-electron chi connectivity index (χ2n) is 2.66. The first-order valence-electron chi connectivity index (χ1n) is 4.31. The van der Waals surface area contributed by atoms with E-state index in [1.165, 1.54) is 0 Å². The quantitative estimate of drug-likeness (QED) is 0.624. The summed E-state index contributed by atoms with van der Waals surface area (Å²) in [7, 11) is 1.55. The highest BCUT2D eigenvalue weighted by Crippen LogP contribution is 2.06. The van der Waals surface area contributed by atoms with E-state index in [2.05, 4.69) is 15.6 Å². The van der Waals surface area contributed by atoms with Gasteiger partial charge in [0.2, 0.25) is 0 Å². The number of hydrogen-bond acceptors (Lipinski definition) is 4. The lowest BCUT2D eigenvalue weighted by atomic mass is 10.3. The minimum absolute atomic E-state index is 0.0532. The number of aliphatic hydroxyl groups excluding tert-OH is 1. The third-order valence-electron chi connectivity index (χ3n) is 1.66. The van der Waals surface area contributed by atoms with Crippen LogP contribution in [0.25, 0.3) is 0 Å². The molecule has 0 spiro atoms. The summed E-state index contributed by atoms with van der Waals surface area (Å²) in [5.74, 6) is -0.224. The van der Waals surface area contributed by atoms with Crippen molar-refractivity contribution in [2.45, 2.75) is 0 Å². The Labute approximate surface area is 82.2 Å². The van der Waals surface area contributed by atoms with E-state index in [9.17, 15) is 4.79 Å². The number of carbonyl (C=O) groups is 1. The van der Waals surface area contributed by atoms with Gasteiger partial charge in [0.05, 0.1) is 6.61 Å². The van der Waals surface area contributed by atoms with E-state index >= 15 is 0 Å². The lowest BCUT2D eigenvalue weighted by Gasteiger charge is -2.05. The van der Waals surface area contributed by atoms with E-state index in [4.69, 9.17) is 5.11 Å². The number of nitrogens with zero attached hydrogens (tertiary/aromatic N) is 1. The molecule has 0 saturated carbocycles. The van der Waals surface area contributed by atoms with Crippen LogP contribution in [-0.2, 0) is 0 Å². The van der Waals surface area contributed by atoms with Crippen molar-refractivity contribution in [2.75, 3.05) is 25.5 Å². The fourth-order valence-corrected chi connectivity index (χ4v) is 0.993. The third kappa shape index (κ3) is 2.70. The fraction of sp³-hybridized carbons (Fsp3) is 0.333. The molecule has 1 aromatic heterocycles. The Morgan fingerprint density at radius 1 is 1.64 bits per heavy atom. The number of anilines is 1. The molecular weight excluding hydrogens is 182 g/mol. The van der Waals surface area contributed by atoms with Crippen molar-refractivity contribution in [2.24, 2.45) is 0 Å². The smallest absolute Gasteiger partial charge is 0.269 e. The number of nitrogens with one attached hydrogen (secondary N) is 2. The molecule has 0 aliphatic rings. The molecule has 5 heteroatoms. The number of hydrogen-bond donors (Lipinski definition) is 3. The third-order valence-corrected chi connectivity index (χ3v) is 1.66. The predicted molar refractivity (Wildman–Crippen MR) is 53.2 cm³/mol. The summed E-state index contributed by atoms with van der Waals surface area (Å²) in [5.41, 5.74) is 1.13. The molecule has 5 nitrogen and oxygen atoms in total. The van der Waals surface area contributed by atoms with Gasteiger partial charge in [-0.25, -0.2) is 0 Å². The van der Waals surface area contributed by atoms with Crippen LogP contribution in [0.15, 0.2) is 18.3 Å². The molecule has 1 aromatic rings. The summed E-state index contributed by atoms with van der Waals surface area (Å²) in [4.78, 5) is 15.1. The van der Waals surface area contributed by atoms with E-state index in [0.29, 0.717) is 12.2 Å². The molecule has 1 amide bonds. The Kier molecular flexibility index (Phi) is 3.87. The van der Waals surface area contributed by atoms with E-state index in [1.807, 2.05) is 0 Å². The molecule has 0 unspecified atom stereocenters. The van der Waals surface area contributed by atoms with Crippen molar-refractivity contribution in [1.29, 1.82) is 0 Å². The first kappa shape index (κ1) is 10.5. The van der Waals surface area contributed by atoms with Gasteiger partial charge >= 0.3 is 0 Å². The van der Waals surface area contributed by atoms with E-state index in [1.54, 1.807) is 25.4 Å². The van der Waals surface area contributed by atoms with Crippen molar-refractivity contribution in [3.05, 3.63) is 24.0 Å². The maximum atomic E-state index is 11.2. The summed E-state index contributed by atoms with van der Waals surface area (Å²) in [6.07, 6.45) is 1.55. The van der Waals surface area contributed by atoms with Gasteiger partial charge in [0.1, 0.15) is 5.69 Å². The molecule has 1 rings (SSSR count). The second-order valence-corrected chi connectivity index (χ2v) is 2.66. The molecule has 0 aliphatic carbocycles. The monoisotopic (exact) mass is 195 g/mol. The van der Waals surface area contributed by atoms with Gasteiger partial charge in [0.25, 0.3) is 5.91 Å². The zero-order valence-electron chi connectivity index (χ0n) is 7.95. The number of aliphatic hydroxyl groups is 1. The molecule has 0 aliphatic heterocycles. The van der Waals surface area contributed by atoms with E-state index < -0.39 is 0 Å². The number of amides is 1. The largest absolute Gasteiger partial charge is 0.395 e. The van der Waals surface area contributed by atoms with E-state index in [0.717, 1.165) is 5.69 Å². The summed E-state index contributed by atoms with van der Waals surface area (Å²) in [6, 6.07) is 3.37. The molecule has 0 radical (unpaired) electrons. The minimum Gasteiger partial charge on any atom is -0.395 e. The van der Waals surface area contributed by atoms with Gasteiger partial charge in [-0.05, 0) is 12.1 Å². The second kappa shape index (κ2) is 5.18. The highest BCUT2D eigenvalue weighted by Gasteiger charge is 2.04. The number of rotatable bonds is 4. The van der Waals surface area contributed by atoms with Crippen LogP contribution in [0, 0.1) is 0 Å². The molecule has 1 heterocycles. The molecule has 0 saturated heterocycles. The van der Waals surface area contributed by atoms with Crippen LogP contribution in [-0.4, -0.2) is 36.2 Å². The SMILES string of the molecule is CNC(=O)c1cc(NCCO)ccn1. The van der Waals surface area contributed by atoms with Crippen LogP contribution < -0.4 is 10.6 Å². The average molecular weight is 195 g/mol. The van der Waals surface area contributed by atoms with Crippen LogP contribution in [0.4, 0.5) is 5.69 Å². The zero-order chi connectivity index (χ0) is 10.4. The number of pyridine rings is 1. The molecule has 0 bridgehead atoms. The van der Waals surface area contributed by atoms with E-state index in [-0.39, 0.29) is 12.5 Å². The van der Waals surface area contributed by atoms with Gasteiger partial charge in [0, 0.05) is 25.5 Å². The van der Waals surface area contributed by atoms with Gasteiger partial charge in [-0.15, -0.1) is 0 Å². The maximum Gasteiger partial charge on any atom is 0.269 e. The van der Waals surface area contributed by atoms with Crippen LogP contribution >= 0.6 is 0 Å². The van der Waals surface area contributed by atoms with Gasteiger partial charge in [-0.2, -0.15) is 0 Å². The van der Waals surface area contributed by atoms with Crippen LogP contribution in [0.5, 0.6) is 0 Å². The number of carbonyl (C=O) groups excluding carboxylic acids is 1. The number of aromatic nitrogens is 1. The van der Waals surface area contributed by atoms with Crippen LogP contribution in [0.1, 0.15) is 10.5 Å². The van der Waals surface area contributed by atoms with Gasteiger partial charge in [-0.1, -0.05) is 0 Å². The zero-order valence-corrected chi connectivity index (χ0v) is 7.95. The van der Waals surface area contributed by atoms with Gasteiger partial charge in [-0.3, -0.25) is 9.78 Å². The molecule has 0 atom stereocenters.